The van der Waals surface area contributed by atoms with Crippen LogP contribution in [0.25, 0.3) is 0 Å². The Morgan fingerprint density at radius 1 is 1.43 bits per heavy atom. The number of nitrogens with zero attached hydrogens (tertiary/aromatic N) is 2. The topological polar surface area (TPSA) is 95.5 Å². The molecule has 8 heteroatoms. The monoisotopic (exact) mass is 311 g/mol. The molecular formula is C13H17N3O4S. The number of aromatic amines is 1. The number of ether oxygens (including phenoxy) is 1. The number of methoxy groups -OCH3 is 1. The fraction of sp³-hybridized carbons (Fsp3) is 0.308. The summed E-state index contributed by atoms with van der Waals surface area (Å²) in [5.41, 5.74) is 0.940. The van der Waals surface area contributed by atoms with Crippen molar-refractivity contribution in [3.63, 3.8) is 0 Å². The Morgan fingerprint density at radius 3 is 2.76 bits per heavy atom. The number of aliphatic hydroxyl groups is 1. The van der Waals surface area contributed by atoms with Crippen molar-refractivity contribution in [2.75, 3.05) is 18.5 Å². The van der Waals surface area contributed by atoms with Gasteiger partial charge in [-0.3, -0.25) is 9.40 Å². The van der Waals surface area contributed by atoms with Crippen LogP contribution >= 0.6 is 0 Å². The van der Waals surface area contributed by atoms with Crippen molar-refractivity contribution in [1.29, 1.82) is 0 Å². The van der Waals surface area contributed by atoms with Gasteiger partial charge in [0.1, 0.15) is 16.3 Å². The molecule has 0 unspecified atom stereocenters. The molecule has 0 radical (unpaired) electrons. The van der Waals surface area contributed by atoms with Crippen LogP contribution in [-0.4, -0.2) is 37.9 Å². The van der Waals surface area contributed by atoms with Crippen LogP contribution in [-0.2, 0) is 16.6 Å². The average molecular weight is 311 g/mol. The number of H-pyrrole nitrogens is 1. The Bertz CT molecular complexity index is 740. The Kier molecular flexibility index (Phi) is 4.19. The van der Waals surface area contributed by atoms with Gasteiger partial charge in [0.05, 0.1) is 25.1 Å². The van der Waals surface area contributed by atoms with E-state index in [1.165, 1.54) is 14.2 Å². The maximum absolute atomic E-state index is 12.7. The molecule has 2 N–H and O–H groups in total. The van der Waals surface area contributed by atoms with E-state index in [4.69, 9.17) is 4.74 Å². The van der Waals surface area contributed by atoms with Crippen LogP contribution in [0.15, 0.2) is 29.2 Å². The Morgan fingerprint density at radius 2 is 2.14 bits per heavy atom. The molecule has 0 saturated heterocycles. The Labute approximate surface area is 123 Å². The minimum absolute atomic E-state index is 0.00433. The molecule has 0 amide bonds. The molecule has 0 aliphatic carbocycles. The van der Waals surface area contributed by atoms with E-state index in [1.807, 2.05) is 0 Å². The molecule has 0 aliphatic heterocycles. The first kappa shape index (κ1) is 15.3. The van der Waals surface area contributed by atoms with E-state index in [1.54, 1.807) is 31.2 Å². The third-order valence-electron chi connectivity index (χ3n) is 3.15. The maximum Gasteiger partial charge on any atom is 0.267 e. The van der Waals surface area contributed by atoms with Gasteiger partial charge in [0.2, 0.25) is 0 Å². The zero-order valence-electron chi connectivity index (χ0n) is 12.0. The molecule has 1 aromatic carbocycles. The van der Waals surface area contributed by atoms with Crippen molar-refractivity contribution >= 4 is 15.7 Å². The second-order valence-corrected chi connectivity index (χ2v) is 6.36. The Balaban J connectivity index is 2.50. The molecule has 0 spiro atoms. The van der Waals surface area contributed by atoms with Gasteiger partial charge in [-0.1, -0.05) is 6.07 Å². The summed E-state index contributed by atoms with van der Waals surface area (Å²) in [5, 5.41) is 15.6. The molecule has 0 atom stereocenters. The SMILES string of the molecule is COc1cccc(N(C)S(=O)(=O)c2c(CO)n[nH]c2C)c1. The Hall–Kier alpha value is -2.06. The standard InChI is InChI=1S/C13H17N3O4S/c1-9-13(12(8-17)15-14-9)21(18,19)16(2)10-5-4-6-11(7-10)20-3/h4-7,17H,8H2,1-3H3,(H,14,15). The van der Waals surface area contributed by atoms with E-state index >= 15 is 0 Å². The molecule has 0 fully saturated rings. The number of aryl methyl sites for hydroxylation is 1. The fourth-order valence-corrected chi connectivity index (χ4v) is 3.51. The van der Waals surface area contributed by atoms with Crippen LogP contribution in [0.2, 0.25) is 0 Å². The zero-order chi connectivity index (χ0) is 15.6. The number of aliphatic hydroxyl groups excluding tert-OH is 1. The minimum atomic E-state index is -3.82. The maximum atomic E-state index is 12.7. The van der Waals surface area contributed by atoms with Crippen LogP contribution in [0.1, 0.15) is 11.4 Å². The highest BCUT2D eigenvalue weighted by atomic mass is 32.2. The van der Waals surface area contributed by atoms with Gasteiger partial charge in [0.15, 0.2) is 0 Å². The molecule has 0 aliphatic rings. The summed E-state index contributed by atoms with van der Waals surface area (Å²) in [6, 6.07) is 6.71. The third-order valence-corrected chi connectivity index (χ3v) is 5.14. The molecule has 114 valence electrons. The highest BCUT2D eigenvalue weighted by molar-refractivity contribution is 7.92. The third kappa shape index (κ3) is 2.72. The summed E-state index contributed by atoms with van der Waals surface area (Å²) < 4.78 is 31.6. The van der Waals surface area contributed by atoms with Gasteiger partial charge in [0.25, 0.3) is 10.0 Å². The first-order valence-corrected chi connectivity index (χ1v) is 7.63. The summed E-state index contributed by atoms with van der Waals surface area (Å²) in [6.45, 7) is 1.14. The zero-order valence-corrected chi connectivity index (χ0v) is 12.8. The minimum Gasteiger partial charge on any atom is -0.497 e. The smallest absolute Gasteiger partial charge is 0.267 e. The van der Waals surface area contributed by atoms with Crippen molar-refractivity contribution in [2.45, 2.75) is 18.4 Å². The number of rotatable bonds is 5. The number of anilines is 1. The predicted octanol–water partition coefficient (Wildman–Crippen LogP) is 1.04. The molecule has 2 rings (SSSR count). The normalized spacial score (nSPS) is 11.4. The van der Waals surface area contributed by atoms with Gasteiger partial charge in [-0.2, -0.15) is 5.10 Å². The highest BCUT2D eigenvalue weighted by Crippen LogP contribution is 2.28. The molecule has 0 bridgehead atoms. The molecule has 2 aromatic rings. The van der Waals surface area contributed by atoms with Gasteiger partial charge in [-0.05, 0) is 19.1 Å². The first-order valence-electron chi connectivity index (χ1n) is 6.19. The number of hydrogen-bond acceptors (Lipinski definition) is 5. The van der Waals surface area contributed by atoms with Crippen LogP contribution in [0.5, 0.6) is 5.75 Å². The van der Waals surface area contributed by atoms with E-state index < -0.39 is 16.6 Å². The van der Waals surface area contributed by atoms with Crippen molar-refractivity contribution in [2.24, 2.45) is 0 Å². The first-order chi connectivity index (χ1) is 9.91. The lowest BCUT2D eigenvalue weighted by molar-refractivity contribution is 0.273. The van der Waals surface area contributed by atoms with Gasteiger partial charge in [-0.15, -0.1) is 0 Å². The van der Waals surface area contributed by atoms with E-state index in [0.717, 1.165) is 4.31 Å². The second-order valence-electron chi connectivity index (χ2n) is 4.46. The van der Waals surface area contributed by atoms with E-state index in [2.05, 4.69) is 10.2 Å². The lowest BCUT2D eigenvalue weighted by Gasteiger charge is -2.20. The van der Waals surface area contributed by atoms with Crippen LogP contribution in [0.3, 0.4) is 0 Å². The van der Waals surface area contributed by atoms with Crippen molar-refractivity contribution in [3.8, 4) is 5.75 Å². The summed E-state index contributed by atoms with van der Waals surface area (Å²) in [4.78, 5) is -0.00433. The lowest BCUT2D eigenvalue weighted by Crippen LogP contribution is -2.27. The summed E-state index contributed by atoms with van der Waals surface area (Å²) in [5.74, 6) is 0.556. The second kappa shape index (κ2) is 5.74. The van der Waals surface area contributed by atoms with Crippen LogP contribution in [0, 0.1) is 6.92 Å². The highest BCUT2D eigenvalue weighted by Gasteiger charge is 2.28. The molecule has 1 heterocycles. The number of sulfonamides is 1. The van der Waals surface area contributed by atoms with Crippen molar-refractivity contribution < 1.29 is 18.3 Å². The van der Waals surface area contributed by atoms with Crippen LogP contribution in [0.4, 0.5) is 5.69 Å². The number of hydrogen-bond donors (Lipinski definition) is 2. The van der Waals surface area contributed by atoms with E-state index in [0.29, 0.717) is 17.1 Å². The molecule has 7 nitrogen and oxygen atoms in total. The molecule has 0 saturated carbocycles. The van der Waals surface area contributed by atoms with Gasteiger partial charge in [0, 0.05) is 13.1 Å². The lowest BCUT2D eigenvalue weighted by atomic mass is 10.3. The molecule has 1 aromatic heterocycles. The number of nitrogens with one attached hydrogen (secondary N) is 1. The summed E-state index contributed by atoms with van der Waals surface area (Å²) in [7, 11) is -0.869. The van der Waals surface area contributed by atoms with E-state index in [-0.39, 0.29) is 10.6 Å². The largest absolute Gasteiger partial charge is 0.497 e. The van der Waals surface area contributed by atoms with E-state index in [9.17, 15) is 13.5 Å². The summed E-state index contributed by atoms with van der Waals surface area (Å²) in [6.07, 6.45) is 0. The fourth-order valence-electron chi connectivity index (χ4n) is 2.00. The van der Waals surface area contributed by atoms with Crippen molar-refractivity contribution in [3.05, 3.63) is 35.7 Å². The number of aromatic nitrogens is 2. The average Bonchev–Trinajstić information content (AvgIpc) is 2.88. The van der Waals surface area contributed by atoms with Gasteiger partial charge < -0.3 is 9.84 Å². The van der Waals surface area contributed by atoms with Crippen LogP contribution < -0.4 is 9.04 Å². The van der Waals surface area contributed by atoms with Crippen molar-refractivity contribution in [1.82, 2.24) is 10.2 Å². The van der Waals surface area contributed by atoms with Gasteiger partial charge >= 0.3 is 0 Å². The quantitative estimate of drug-likeness (QED) is 0.860. The molecule has 21 heavy (non-hydrogen) atoms. The predicted molar refractivity (Wildman–Crippen MR) is 77.8 cm³/mol. The molecular weight excluding hydrogens is 294 g/mol. The number of benzene rings is 1. The summed E-state index contributed by atoms with van der Waals surface area (Å²) >= 11 is 0. The van der Waals surface area contributed by atoms with Gasteiger partial charge in [-0.25, -0.2) is 8.42 Å².